The number of carbonyl (C=O) groups excluding carboxylic acids is 1. The van der Waals surface area contributed by atoms with E-state index in [1.165, 1.54) is 0 Å². The molecule has 1 amide bonds. The summed E-state index contributed by atoms with van der Waals surface area (Å²) in [7, 11) is 1.81. The summed E-state index contributed by atoms with van der Waals surface area (Å²) in [6, 6.07) is 3.82. The number of aromatic nitrogens is 1. The van der Waals surface area contributed by atoms with E-state index in [-0.39, 0.29) is 5.91 Å². The SMILES string of the molecule is CCCC(CCC)(C(=O)N(C)Cc1ccncc1)C(N)=S. The first-order chi connectivity index (χ1) is 9.97. The molecule has 0 aliphatic carbocycles. The second-order valence-electron chi connectivity index (χ2n) is 5.46. The van der Waals surface area contributed by atoms with Crippen LogP contribution in [-0.2, 0) is 11.3 Å². The van der Waals surface area contributed by atoms with E-state index >= 15 is 0 Å². The van der Waals surface area contributed by atoms with E-state index in [1.807, 2.05) is 12.1 Å². The van der Waals surface area contributed by atoms with Gasteiger partial charge in [0.05, 0.1) is 10.4 Å². The average Bonchev–Trinajstić information content (AvgIpc) is 2.46. The number of thiocarbonyl (C=S) groups is 1. The van der Waals surface area contributed by atoms with Crippen LogP contribution in [0.3, 0.4) is 0 Å². The molecular weight excluding hydrogens is 282 g/mol. The molecule has 5 heteroatoms. The van der Waals surface area contributed by atoms with Gasteiger partial charge in [0, 0.05) is 26.0 Å². The summed E-state index contributed by atoms with van der Waals surface area (Å²) in [5, 5.41) is 0. The van der Waals surface area contributed by atoms with Gasteiger partial charge in [-0.15, -0.1) is 0 Å². The average molecular weight is 307 g/mol. The summed E-state index contributed by atoms with van der Waals surface area (Å²) in [5.41, 5.74) is 6.29. The molecule has 0 unspecified atom stereocenters. The van der Waals surface area contributed by atoms with Crippen LogP contribution in [-0.4, -0.2) is 27.8 Å². The zero-order valence-corrected chi connectivity index (χ0v) is 13.9. The van der Waals surface area contributed by atoms with Gasteiger partial charge >= 0.3 is 0 Å². The standard InChI is InChI=1S/C16H25N3OS/c1-4-8-16(9-5-2,14(17)21)15(20)19(3)12-13-6-10-18-11-7-13/h6-7,10-11H,4-5,8-9,12H2,1-3H3,(H2,17,21). The van der Waals surface area contributed by atoms with Gasteiger partial charge in [-0.2, -0.15) is 0 Å². The van der Waals surface area contributed by atoms with E-state index < -0.39 is 5.41 Å². The van der Waals surface area contributed by atoms with Crippen LogP contribution < -0.4 is 5.73 Å². The van der Waals surface area contributed by atoms with Crippen molar-refractivity contribution in [2.45, 2.75) is 46.1 Å². The van der Waals surface area contributed by atoms with Crippen molar-refractivity contribution in [2.24, 2.45) is 11.1 Å². The third-order valence-electron chi connectivity index (χ3n) is 3.75. The van der Waals surface area contributed by atoms with E-state index in [2.05, 4.69) is 18.8 Å². The highest BCUT2D eigenvalue weighted by Gasteiger charge is 2.41. The lowest BCUT2D eigenvalue weighted by Crippen LogP contribution is -2.49. The molecule has 116 valence electrons. The lowest BCUT2D eigenvalue weighted by Gasteiger charge is -2.35. The van der Waals surface area contributed by atoms with Crippen LogP contribution in [0.25, 0.3) is 0 Å². The molecule has 0 saturated heterocycles. The van der Waals surface area contributed by atoms with Crippen molar-refractivity contribution in [1.29, 1.82) is 0 Å². The van der Waals surface area contributed by atoms with Crippen molar-refractivity contribution in [3.05, 3.63) is 30.1 Å². The van der Waals surface area contributed by atoms with E-state index in [1.54, 1.807) is 24.3 Å². The van der Waals surface area contributed by atoms with E-state index in [0.717, 1.165) is 18.4 Å². The minimum absolute atomic E-state index is 0.0236. The van der Waals surface area contributed by atoms with Crippen molar-refractivity contribution in [3.63, 3.8) is 0 Å². The first-order valence-corrected chi connectivity index (χ1v) is 7.83. The molecule has 0 aromatic carbocycles. The number of amides is 1. The maximum Gasteiger partial charge on any atom is 0.235 e. The van der Waals surface area contributed by atoms with Crippen molar-refractivity contribution in [1.82, 2.24) is 9.88 Å². The van der Waals surface area contributed by atoms with Crippen LogP contribution in [0, 0.1) is 5.41 Å². The Morgan fingerprint density at radius 1 is 1.29 bits per heavy atom. The first-order valence-electron chi connectivity index (χ1n) is 7.42. The maximum atomic E-state index is 12.9. The summed E-state index contributed by atoms with van der Waals surface area (Å²) in [6.45, 7) is 4.65. The van der Waals surface area contributed by atoms with Gasteiger partial charge < -0.3 is 10.6 Å². The molecule has 0 fully saturated rings. The number of hydrogen-bond acceptors (Lipinski definition) is 3. The Morgan fingerprint density at radius 2 is 1.81 bits per heavy atom. The molecule has 21 heavy (non-hydrogen) atoms. The van der Waals surface area contributed by atoms with E-state index in [4.69, 9.17) is 18.0 Å². The van der Waals surface area contributed by atoms with Gasteiger partial charge in [0.15, 0.2) is 0 Å². The van der Waals surface area contributed by atoms with Crippen LogP contribution in [0.2, 0.25) is 0 Å². The maximum absolute atomic E-state index is 12.9. The van der Waals surface area contributed by atoms with Gasteiger partial charge in [-0.1, -0.05) is 38.9 Å². The van der Waals surface area contributed by atoms with Gasteiger partial charge in [0.2, 0.25) is 5.91 Å². The Hall–Kier alpha value is -1.49. The predicted octanol–water partition coefficient (Wildman–Crippen LogP) is 2.91. The number of rotatable bonds is 8. The van der Waals surface area contributed by atoms with E-state index in [0.29, 0.717) is 24.4 Å². The quantitative estimate of drug-likeness (QED) is 0.750. The molecular formula is C16H25N3OS. The second kappa shape index (κ2) is 8.08. The third-order valence-corrected chi connectivity index (χ3v) is 4.14. The summed E-state index contributed by atoms with van der Waals surface area (Å²) >= 11 is 5.24. The molecule has 4 nitrogen and oxygen atoms in total. The van der Waals surface area contributed by atoms with Crippen LogP contribution in [0.4, 0.5) is 0 Å². The summed E-state index contributed by atoms with van der Waals surface area (Å²) < 4.78 is 0. The Balaban J connectivity index is 2.96. The molecule has 1 heterocycles. The Labute approximate surface area is 132 Å². The molecule has 0 aliphatic heterocycles. The molecule has 1 aromatic heterocycles. The Morgan fingerprint density at radius 3 is 2.24 bits per heavy atom. The van der Waals surface area contributed by atoms with Crippen LogP contribution in [0.15, 0.2) is 24.5 Å². The smallest absolute Gasteiger partial charge is 0.235 e. The molecule has 0 bridgehead atoms. The van der Waals surface area contributed by atoms with Crippen molar-refractivity contribution in [3.8, 4) is 0 Å². The minimum Gasteiger partial charge on any atom is -0.392 e. The van der Waals surface area contributed by atoms with Gasteiger partial charge in [-0.25, -0.2) is 0 Å². The fourth-order valence-electron chi connectivity index (χ4n) is 2.74. The van der Waals surface area contributed by atoms with Gasteiger partial charge in [0.25, 0.3) is 0 Å². The zero-order chi connectivity index (χ0) is 15.9. The lowest BCUT2D eigenvalue weighted by molar-refractivity contribution is -0.138. The fraction of sp³-hybridized carbons (Fsp3) is 0.562. The molecule has 0 aliphatic rings. The largest absolute Gasteiger partial charge is 0.392 e. The number of carbonyl (C=O) groups is 1. The highest BCUT2D eigenvalue weighted by molar-refractivity contribution is 7.80. The zero-order valence-electron chi connectivity index (χ0n) is 13.1. The summed E-state index contributed by atoms with van der Waals surface area (Å²) in [4.78, 5) is 19.0. The van der Waals surface area contributed by atoms with Crippen molar-refractivity contribution in [2.75, 3.05) is 7.05 Å². The number of hydrogen-bond donors (Lipinski definition) is 1. The molecule has 0 radical (unpaired) electrons. The normalized spacial score (nSPS) is 11.2. The van der Waals surface area contributed by atoms with Crippen LogP contribution in [0.5, 0.6) is 0 Å². The highest BCUT2D eigenvalue weighted by atomic mass is 32.1. The third kappa shape index (κ3) is 4.24. The topological polar surface area (TPSA) is 59.2 Å². The summed E-state index contributed by atoms with van der Waals surface area (Å²) in [6.07, 6.45) is 6.63. The second-order valence-corrected chi connectivity index (χ2v) is 5.90. The van der Waals surface area contributed by atoms with Gasteiger partial charge in [0.1, 0.15) is 0 Å². The first kappa shape index (κ1) is 17.6. The van der Waals surface area contributed by atoms with Crippen molar-refractivity contribution < 1.29 is 4.79 Å². The van der Waals surface area contributed by atoms with Crippen molar-refractivity contribution >= 4 is 23.1 Å². The number of nitrogens with two attached hydrogens (primary N) is 1. The minimum atomic E-state index is -0.708. The monoisotopic (exact) mass is 307 g/mol. The lowest BCUT2D eigenvalue weighted by atomic mass is 9.77. The van der Waals surface area contributed by atoms with E-state index in [9.17, 15) is 4.79 Å². The van der Waals surface area contributed by atoms with Crippen LogP contribution >= 0.6 is 12.2 Å². The number of nitrogens with zero attached hydrogens (tertiary/aromatic N) is 2. The van der Waals surface area contributed by atoms with Gasteiger partial charge in [-0.3, -0.25) is 9.78 Å². The molecule has 0 saturated carbocycles. The molecule has 2 N–H and O–H groups in total. The van der Waals surface area contributed by atoms with Crippen LogP contribution in [0.1, 0.15) is 45.1 Å². The molecule has 0 spiro atoms. The Bertz CT molecular complexity index is 470. The fourth-order valence-corrected chi connectivity index (χ4v) is 3.03. The number of pyridine rings is 1. The van der Waals surface area contributed by atoms with Gasteiger partial charge in [-0.05, 0) is 30.5 Å². The highest BCUT2D eigenvalue weighted by Crippen LogP contribution is 2.33. The summed E-state index contributed by atoms with van der Waals surface area (Å²) in [5.74, 6) is 0.0236. The molecule has 1 rings (SSSR count). The predicted molar refractivity (Wildman–Crippen MR) is 89.7 cm³/mol. The molecule has 1 aromatic rings. The molecule has 0 atom stereocenters. The Kier molecular flexibility index (Phi) is 6.75.